The van der Waals surface area contributed by atoms with Gasteiger partial charge < -0.3 is 20.1 Å². The zero-order valence-corrected chi connectivity index (χ0v) is 18.6. The zero-order valence-electron chi connectivity index (χ0n) is 16.2. The Bertz CT molecular complexity index is 995. The molecule has 1 heterocycles. The van der Waals surface area contributed by atoms with Crippen LogP contribution in [-0.4, -0.2) is 42.7 Å². The van der Waals surface area contributed by atoms with Gasteiger partial charge in [-0.05, 0) is 48.0 Å². The van der Waals surface area contributed by atoms with Crippen molar-refractivity contribution in [3.05, 3.63) is 52.5 Å². The fourth-order valence-corrected chi connectivity index (χ4v) is 3.77. The molecule has 156 valence electrons. The number of halogens is 1. The van der Waals surface area contributed by atoms with Crippen LogP contribution in [0.5, 0.6) is 11.5 Å². The standard InChI is InChI=1S/C20H19BrN4O4S/c1-28-15-8-3-12(9-16(15)29-2)11-22-25-20-24-19(27)17(30-20)10-18(26)23-14-6-4-13(21)5-7-14/h3-9,11,17H,10H2,1-2H3,(H,23,26)(H,24,25,27)/b22-11-/t17-/m0/s1. The van der Waals surface area contributed by atoms with Crippen LogP contribution < -0.4 is 20.1 Å². The van der Waals surface area contributed by atoms with Crippen LogP contribution in [0.2, 0.25) is 0 Å². The summed E-state index contributed by atoms with van der Waals surface area (Å²) in [4.78, 5) is 24.3. The third kappa shape index (κ3) is 5.83. The van der Waals surface area contributed by atoms with Crippen molar-refractivity contribution in [1.82, 2.24) is 5.32 Å². The Kier molecular flexibility index (Phi) is 7.47. The number of hydrogen-bond acceptors (Lipinski definition) is 7. The lowest BCUT2D eigenvalue weighted by Crippen LogP contribution is -2.28. The predicted octanol–water partition coefficient (Wildman–Crippen LogP) is 3.42. The lowest BCUT2D eigenvalue weighted by Gasteiger charge is -2.07. The molecule has 1 saturated heterocycles. The number of ether oxygens (including phenoxy) is 2. The van der Waals surface area contributed by atoms with Crippen LogP contribution in [0.3, 0.4) is 0 Å². The maximum absolute atomic E-state index is 12.2. The number of hydrogen-bond donors (Lipinski definition) is 2. The highest BCUT2D eigenvalue weighted by Gasteiger charge is 2.32. The highest BCUT2D eigenvalue weighted by molar-refractivity contribution is 9.10. The zero-order chi connectivity index (χ0) is 21.5. The van der Waals surface area contributed by atoms with Gasteiger partial charge in [0.25, 0.3) is 0 Å². The topological polar surface area (TPSA) is 101 Å². The van der Waals surface area contributed by atoms with Gasteiger partial charge >= 0.3 is 0 Å². The molecule has 2 N–H and O–H groups in total. The van der Waals surface area contributed by atoms with Crippen molar-refractivity contribution in [1.29, 1.82) is 0 Å². The lowest BCUT2D eigenvalue weighted by atomic mass is 10.2. The van der Waals surface area contributed by atoms with Crippen molar-refractivity contribution in [2.24, 2.45) is 10.2 Å². The SMILES string of the molecule is COc1ccc(/C=N\N=C2\NC(=O)[C@H](CC(=O)Nc3ccc(Br)cc3)S2)cc1OC. The molecule has 0 spiro atoms. The number of rotatable bonds is 7. The fraction of sp³-hybridized carbons (Fsp3) is 0.200. The number of amides is 2. The number of anilines is 1. The highest BCUT2D eigenvalue weighted by Crippen LogP contribution is 2.27. The van der Waals surface area contributed by atoms with Gasteiger partial charge in [-0.25, -0.2) is 0 Å². The van der Waals surface area contributed by atoms with Gasteiger partial charge in [0.15, 0.2) is 16.7 Å². The summed E-state index contributed by atoms with van der Waals surface area (Å²) in [6.45, 7) is 0. The van der Waals surface area contributed by atoms with Crippen LogP contribution in [0.4, 0.5) is 5.69 Å². The van der Waals surface area contributed by atoms with Gasteiger partial charge in [-0.15, -0.1) is 5.10 Å². The Balaban J connectivity index is 1.57. The maximum atomic E-state index is 12.2. The molecule has 1 aliphatic rings. The third-order valence-corrected chi connectivity index (χ3v) is 5.64. The first kappa shape index (κ1) is 21.8. The van der Waals surface area contributed by atoms with E-state index >= 15 is 0 Å². The van der Waals surface area contributed by atoms with Crippen molar-refractivity contribution < 1.29 is 19.1 Å². The third-order valence-electron chi connectivity index (χ3n) is 4.04. The number of methoxy groups -OCH3 is 2. The van der Waals surface area contributed by atoms with E-state index in [-0.39, 0.29) is 18.2 Å². The Morgan fingerprint density at radius 1 is 1.20 bits per heavy atom. The molecule has 1 fully saturated rings. The van der Waals surface area contributed by atoms with Gasteiger partial charge in [0.05, 0.1) is 20.4 Å². The Morgan fingerprint density at radius 2 is 1.93 bits per heavy atom. The molecule has 0 aliphatic carbocycles. The summed E-state index contributed by atoms with van der Waals surface area (Å²) in [5.41, 5.74) is 1.43. The Morgan fingerprint density at radius 3 is 2.63 bits per heavy atom. The van der Waals surface area contributed by atoms with Crippen molar-refractivity contribution >= 4 is 56.6 Å². The first-order valence-electron chi connectivity index (χ1n) is 8.84. The molecule has 0 aromatic heterocycles. The molecule has 3 rings (SSSR count). The average molecular weight is 491 g/mol. The second kappa shape index (κ2) is 10.3. The first-order valence-corrected chi connectivity index (χ1v) is 10.5. The molecule has 2 aromatic carbocycles. The van der Waals surface area contributed by atoms with E-state index in [0.717, 1.165) is 10.0 Å². The van der Waals surface area contributed by atoms with Crippen molar-refractivity contribution in [3.63, 3.8) is 0 Å². The number of thioether (sulfide) groups is 1. The smallest absolute Gasteiger partial charge is 0.240 e. The molecular formula is C20H19BrN4O4S. The van der Waals surface area contributed by atoms with E-state index in [1.54, 1.807) is 44.6 Å². The molecule has 2 amide bonds. The van der Waals surface area contributed by atoms with Gasteiger partial charge in [0, 0.05) is 16.6 Å². The summed E-state index contributed by atoms with van der Waals surface area (Å²) in [6.07, 6.45) is 1.57. The summed E-state index contributed by atoms with van der Waals surface area (Å²) < 4.78 is 11.4. The van der Waals surface area contributed by atoms with E-state index in [1.165, 1.54) is 18.0 Å². The van der Waals surface area contributed by atoms with E-state index < -0.39 is 5.25 Å². The summed E-state index contributed by atoms with van der Waals surface area (Å²) in [6, 6.07) is 12.5. The second-order valence-electron chi connectivity index (χ2n) is 6.12. The Hall–Kier alpha value is -2.85. The van der Waals surface area contributed by atoms with Gasteiger partial charge in [-0.2, -0.15) is 5.10 Å². The molecular weight excluding hydrogens is 472 g/mol. The van der Waals surface area contributed by atoms with Crippen LogP contribution in [-0.2, 0) is 9.59 Å². The monoisotopic (exact) mass is 490 g/mol. The van der Waals surface area contributed by atoms with Gasteiger partial charge in [-0.3, -0.25) is 9.59 Å². The van der Waals surface area contributed by atoms with Crippen LogP contribution in [0, 0.1) is 0 Å². The van der Waals surface area contributed by atoms with Crippen molar-refractivity contribution in [3.8, 4) is 11.5 Å². The minimum Gasteiger partial charge on any atom is -0.493 e. The van der Waals surface area contributed by atoms with Crippen molar-refractivity contribution in [2.75, 3.05) is 19.5 Å². The number of carbonyl (C=O) groups excluding carboxylic acids is 2. The molecule has 1 atom stereocenters. The highest BCUT2D eigenvalue weighted by atomic mass is 79.9. The molecule has 0 saturated carbocycles. The summed E-state index contributed by atoms with van der Waals surface area (Å²) >= 11 is 4.51. The van der Waals surface area contributed by atoms with E-state index in [4.69, 9.17) is 9.47 Å². The van der Waals surface area contributed by atoms with E-state index in [1.807, 2.05) is 12.1 Å². The van der Waals surface area contributed by atoms with Crippen LogP contribution in [0.15, 0.2) is 57.1 Å². The molecule has 1 aliphatic heterocycles. The minimum atomic E-state index is -0.560. The molecule has 2 aromatic rings. The maximum Gasteiger partial charge on any atom is 0.240 e. The van der Waals surface area contributed by atoms with Gasteiger partial charge in [0.2, 0.25) is 11.8 Å². The molecule has 0 radical (unpaired) electrons. The van der Waals surface area contributed by atoms with Crippen LogP contribution >= 0.6 is 27.7 Å². The van der Waals surface area contributed by atoms with E-state index in [2.05, 4.69) is 36.8 Å². The summed E-state index contributed by atoms with van der Waals surface area (Å²) in [5, 5.41) is 13.2. The van der Waals surface area contributed by atoms with Gasteiger partial charge in [-0.1, -0.05) is 27.7 Å². The number of carbonyl (C=O) groups is 2. The van der Waals surface area contributed by atoms with Crippen LogP contribution in [0.25, 0.3) is 0 Å². The lowest BCUT2D eigenvalue weighted by molar-refractivity contribution is -0.122. The molecule has 0 bridgehead atoms. The average Bonchev–Trinajstić information content (AvgIpc) is 3.08. The molecule has 0 unspecified atom stereocenters. The van der Waals surface area contributed by atoms with E-state index in [0.29, 0.717) is 22.4 Å². The molecule has 10 heteroatoms. The summed E-state index contributed by atoms with van der Waals surface area (Å²) in [7, 11) is 3.11. The van der Waals surface area contributed by atoms with Gasteiger partial charge in [0.1, 0.15) is 5.25 Å². The minimum absolute atomic E-state index is 0.0327. The quantitative estimate of drug-likeness (QED) is 0.457. The predicted molar refractivity (Wildman–Crippen MR) is 121 cm³/mol. The number of nitrogens with one attached hydrogen (secondary N) is 2. The fourth-order valence-electron chi connectivity index (χ4n) is 2.58. The first-order chi connectivity index (χ1) is 14.5. The van der Waals surface area contributed by atoms with Crippen molar-refractivity contribution in [2.45, 2.75) is 11.7 Å². The van der Waals surface area contributed by atoms with E-state index in [9.17, 15) is 9.59 Å². The Labute approximate surface area is 186 Å². The number of nitrogens with zero attached hydrogens (tertiary/aromatic N) is 2. The number of benzene rings is 2. The largest absolute Gasteiger partial charge is 0.493 e. The second-order valence-corrected chi connectivity index (χ2v) is 8.23. The normalized spacial score (nSPS) is 17.2. The van der Waals surface area contributed by atoms with Crippen LogP contribution in [0.1, 0.15) is 12.0 Å². The summed E-state index contributed by atoms with van der Waals surface area (Å²) in [5.74, 6) is 0.671. The number of amidine groups is 1. The molecule has 8 nitrogen and oxygen atoms in total. The molecule has 30 heavy (non-hydrogen) atoms.